The SMILES string of the molecule is CCCN(Cc1ccccc1)C(=O)/C=C/c1ccc(S(=O)(=O)N(CC)CC)cc1. The minimum Gasteiger partial charge on any atom is -0.335 e. The molecule has 0 aromatic heterocycles. The molecule has 0 saturated heterocycles. The Hall–Kier alpha value is -2.44. The fourth-order valence-electron chi connectivity index (χ4n) is 3.08. The summed E-state index contributed by atoms with van der Waals surface area (Å²) in [5.74, 6) is -0.0597. The van der Waals surface area contributed by atoms with E-state index in [0.29, 0.717) is 26.2 Å². The van der Waals surface area contributed by atoms with Gasteiger partial charge in [0.15, 0.2) is 0 Å². The first-order valence-corrected chi connectivity index (χ1v) is 11.5. The van der Waals surface area contributed by atoms with Crippen molar-refractivity contribution in [2.75, 3.05) is 19.6 Å². The lowest BCUT2D eigenvalue weighted by Crippen LogP contribution is -2.30. The van der Waals surface area contributed by atoms with Crippen molar-refractivity contribution in [1.29, 1.82) is 0 Å². The van der Waals surface area contributed by atoms with Gasteiger partial charge in [0.1, 0.15) is 0 Å². The molecule has 0 fully saturated rings. The van der Waals surface area contributed by atoms with Gasteiger partial charge < -0.3 is 4.90 Å². The van der Waals surface area contributed by atoms with Crippen molar-refractivity contribution in [3.8, 4) is 0 Å². The fraction of sp³-hybridized carbons (Fsp3) is 0.348. The number of benzene rings is 2. The quantitative estimate of drug-likeness (QED) is 0.548. The smallest absolute Gasteiger partial charge is 0.246 e. The molecule has 0 spiro atoms. The van der Waals surface area contributed by atoms with Crippen LogP contribution in [0.1, 0.15) is 38.3 Å². The number of amides is 1. The zero-order valence-corrected chi connectivity index (χ0v) is 18.2. The van der Waals surface area contributed by atoms with Crippen LogP contribution in [0.15, 0.2) is 65.6 Å². The topological polar surface area (TPSA) is 57.7 Å². The predicted octanol–water partition coefficient (Wildman–Crippen LogP) is 4.17. The molecule has 0 atom stereocenters. The maximum absolute atomic E-state index is 12.6. The van der Waals surface area contributed by atoms with Gasteiger partial charge in [-0.2, -0.15) is 4.31 Å². The summed E-state index contributed by atoms with van der Waals surface area (Å²) in [6, 6.07) is 16.5. The van der Waals surface area contributed by atoms with Crippen LogP contribution in [0.25, 0.3) is 6.08 Å². The van der Waals surface area contributed by atoms with E-state index in [-0.39, 0.29) is 10.8 Å². The van der Waals surface area contributed by atoms with E-state index in [1.165, 1.54) is 4.31 Å². The summed E-state index contributed by atoms with van der Waals surface area (Å²) in [6.45, 7) is 7.80. The normalized spacial score (nSPS) is 11.9. The Balaban J connectivity index is 2.10. The fourth-order valence-corrected chi connectivity index (χ4v) is 4.54. The highest BCUT2D eigenvalue weighted by molar-refractivity contribution is 7.89. The maximum atomic E-state index is 12.6. The molecule has 0 unspecified atom stereocenters. The number of carbonyl (C=O) groups excluding carboxylic acids is 1. The minimum atomic E-state index is -3.47. The molecule has 156 valence electrons. The summed E-state index contributed by atoms with van der Waals surface area (Å²) in [7, 11) is -3.47. The Labute approximate surface area is 174 Å². The largest absolute Gasteiger partial charge is 0.335 e. The van der Waals surface area contributed by atoms with Crippen molar-refractivity contribution in [1.82, 2.24) is 9.21 Å². The molecule has 0 heterocycles. The van der Waals surface area contributed by atoms with E-state index in [4.69, 9.17) is 0 Å². The van der Waals surface area contributed by atoms with Gasteiger partial charge in [-0.1, -0.05) is 63.2 Å². The van der Waals surface area contributed by atoms with Crippen LogP contribution in [0.2, 0.25) is 0 Å². The summed E-state index contributed by atoms with van der Waals surface area (Å²) in [6.07, 6.45) is 4.15. The van der Waals surface area contributed by atoms with Gasteiger partial charge in [0.05, 0.1) is 4.90 Å². The van der Waals surface area contributed by atoms with Crippen LogP contribution < -0.4 is 0 Å². The highest BCUT2D eigenvalue weighted by Gasteiger charge is 2.21. The molecule has 0 bridgehead atoms. The van der Waals surface area contributed by atoms with Crippen molar-refractivity contribution in [3.05, 3.63) is 71.8 Å². The number of rotatable bonds is 10. The third-order valence-electron chi connectivity index (χ3n) is 4.66. The van der Waals surface area contributed by atoms with Crippen molar-refractivity contribution in [3.63, 3.8) is 0 Å². The molecule has 6 heteroatoms. The summed E-state index contributed by atoms with van der Waals surface area (Å²) >= 11 is 0. The maximum Gasteiger partial charge on any atom is 0.246 e. The van der Waals surface area contributed by atoms with Crippen LogP contribution in [0.3, 0.4) is 0 Å². The van der Waals surface area contributed by atoms with E-state index < -0.39 is 10.0 Å². The van der Waals surface area contributed by atoms with Gasteiger partial charge in [-0.25, -0.2) is 8.42 Å². The molecule has 0 aliphatic heterocycles. The average Bonchev–Trinajstić information content (AvgIpc) is 2.73. The highest BCUT2D eigenvalue weighted by Crippen LogP contribution is 2.17. The Morgan fingerprint density at radius 2 is 1.55 bits per heavy atom. The first kappa shape index (κ1) is 22.8. The zero-order valence-electron chi connectivity index (χ0n) is 17.4. The lowest BCUT2D eigenvalue weighted by Gasteiger charge is -2.20. The molecular weight excluding hydrogens is 384 g/mol. The third kappa shape index (κ3) is 6.27. The predicted molar refractivity (Wildman–Crippen MR) is 118 cm³/mol. The third-order valence-corrected chi connectivity index (χ3v) is 6.73. The molecule has 0 saturated carbocycles. The second kappa shape index (κ2) is 10.9. The van der Waals surface area contributed by atoms with Gasteiger partial charge in [-0.15, -0.1) is 0 Å². The summed E-state index contributed by atoms with van der Waals surface area (Å²) in [5.41, 5.74) is 1.88. The molecule has 0 radical (unpaired) electrons. The monoisotopic (exact) mass is 414 g/mol. The van der Waals surface area contributed by atoms with Gasteiger partial charge in [0.2, 0.25) is 15.9 Å². The summed E-state index contributed by atoms with van der Waals surface area (Å²) in [5, 5.41) is 0. The first-order valence-electron chi connectivity index (χ1n) is 10.0. The van der Waals surface area contributed by atoms with Gasteiger partial charge in [0, 0.05) is 32.3 Å². The molecule has 29 heavy (non-hydrogen) atoms. The van der Waals surface area contributed by atoms with Crippen LogP contribution >= 0.6 is 0 Å². The van der Waals surface area contributed by atoms with Crippen LogP contribution in [0.4, 0.5) is 0 Å². The van der Waals surface area contributed by atoms with Crippen LogP contribution in [0.5, 0.6) is 0 Å². The molecule has 0 aliphatic carbocycles. The number of nitrogens with zero attached hydrogens (tertiary/aromatic N) is 2. The van der Waals surface area contributed by atoms with Crippen LogP contribution in [0, 0.1) is 0 Å². The van der Waals surface area contributed by atoms with Crippen molar-refractivity contribution in [2.24, 2.45) is 0 Å². The molecule has 0 aliphatic rings. The molecule has 5 nitrogen and oxygen atoms in total. The van der Waals surface area contributed by atoms with Gasteiger partial charge in [-0.05, 0) is 35.8 Å². The highest BCUT2D eigenvalue weighted by atomic mass is 32.2. The molecular formula is C23H30N2O3S. The van der Waals surface area contributed by atoms with Crippen molar-refractivity contribution >= 4 is 22.0 Å². The van der Waals surface area contributed by atoms with E-state index in [2.05, 4.69) is 0 Å². The standard InChI is InChI=1S/C23H30N2O3S/c1-4-18-24(19-21-10-8-7-9-11-21)23(26)17-14-20-12-15-22(16-13-20)29(27,28)25(5-2)6-3/h7-17H,4-6,18-19H2,1-3H3/b17-14+. The van der Waals surface area contributed by atoms with E-state index in [9.17, 15) is 13.2 Å². The second-order valence-electron chi connectivity index (χ2n) is 6.74. The number of sulfonamides is 1. The lowest BCUT2D eigenvalue weighted by atomic mass is 10.2. The minimum absolute atomic E-state index is 0.0597. The van der Waals surface area contributed by atoms with E-state index >= 15 is 0 Å². The van der Waals surface area contributed by atoms with E-state index in [0.717, 1.165) is 17.5 Å². The molecule has 2 aromatic carbocycles. The molecule has 0 N–H and O–H groups in total. The molecule has 2 rings (SSSR count). The Morgan fingerprint density at radius 1 is 0.931 bits per heavy atom. The zero-order chi connectivity index (χ0) is 21.3. The van der Waals surface area contributed by atoms with Gasteiger partial charge in [-0.3, -0.25) is 4.79 Å². The van der Waals surface area contributed by atoms with Crippen molar-refractivity contribution < 1.29 is 13.2 Å². The Kier molecular flexibility index (Phi) is 8.61. The molecule has 1 amide bonds. The van der Waals surface area contributed by atoms with Crippen LogP contribution in [-0.4, -0.2) is 43.2 Å². The second-order valence-corrected chi connectivity index (χ2v) is 8.68. The number of hydrogen-bond acceptors (Lipinski definition) is 3. The van der Waals surface area contributed by atoms with E-state index in [1.54, 1.807) is 36.4 Å². The van der Waals surface area contributed by atoms with Gasteiger partial charge in [0.25, 0.3) is 0 Å². The van der Waals surface area contributed by atoms with Crippen molar-refractivity contribution in [2.45, 2.75) is 38.6 Å². The first-order chi connectivity index (χ1) is 13.9. The molecule has 2 aromatic rings. The lowest BCUT2D eigenvalue weighted by molar-refractivity contribution is -0.126. The number of carbonyl (C=O) groups is 1. The summed E-state index contributed by atoms with van der Waals surface area (Å²) < 4.78 is 26.5. The summed E-state index contributed by atoms with van der Waals surface area (Å²) in [4.78, 5) is 14.7. The van der Waals surface area contributed by atoms with E-state index in [1.807, 2.05) is 56.0 Å². The average molecular weight is 415 g/mol. The number of hydrogen-bond donors (Lipinski definition) is 0. The Bertz CT molecular complexity index is 903. The van der Waals surface area contributed by atoms with Crippen LogP contribution in [-0.2, 0) is 21.4 Å². The Morgan fingerprint density at radius 3 is 2.10 bits per heavy atom. The van der Waals surface area contributed by atoms with Gasteiger partial charge >= 0.3 is 0 Å².